The van der Waals surface area contributed by atoms with Crippen molar-refractivity contribution in [2.24, 2.45) is 5.92 Å². The van der Waals surface area contributed by atoms with Crippen LogP contribution in [0.5, 0.6) is 0 Å². The van der Waals surface area contributed by atoms with E-state index in [1.165, 1.54) is 12.1 Å². The second kappa shape index (κ2) is 4.16. The van der Waals surface area contributed by atoms with Crippen molar-refractivity contribution in [2.75, 3.05) is 0 Å². The first-order valence-electron chi connectivity index (χ1n) is 6.21. The van der Waals surface area contributed by atoms with Gasteiger partial charge in [-0.1, -0.05) is 0 Å². The smallest absolute Gasteiger partial charge is 0.168 e. The lowest BCUT2D eigenvalue weighted by Crippen LogP contribution is -2.33. The van der Waals surface area contributed by atoms with Gasteiger partial charge in [-0.2, -0.15) is 0 Å². The van der Waals surface area contributed by atoms with Crippen LogP contribution in [-0.4, -0.2) is 17.0 Å². The van der Waals surface area contributed by atoms with Crippen LogP contribution in [0.4, 0.5) is 4.39 Å². The molecule has 98 valence electrons. The van der Waals surface area contributed by atoms with E-state index in [2.05, 4.69) is 0 Å². The van der Waals surface area contributed by atoms with Crippen molar-refractivity contribution < 1.29 is 13.9 Å². The monoisotopic (exact) mass is 250 g/mol. The van der Waals surface area contributed by atoms with Gasteiger partial charge in [0.2, 0.25) is 0 Å². The Morgan fingerprint density at radius 3 is 2.22 bits per heavy atom. The van der Waals surface area contributed by atoms with Crippen molar-refractivity contribution in [3.63, 3.8) is 0 Å². The molecule has 1 aliphatic rings. The average molecular weight is 250 g/mol. The van der Waals surface area contributed by atoms with Crippen LogP contribution in [0.25, 0.3) is 0 Å². The summed E-state index contributed by atoms with van der Waals surface area (Å²) in [4.78, 5) is 12.5. The lowest BCUT2D eigenvalue weighted by atomic mass is 9.82. The van der Waals surface area contributed by atoms with E-state index in [0.29, 0.717) is 12.0 Å². The molecule has 1 aliphatic heterocycles. The summed E-state index contributed by atoms with van der Waals surface area (Å²) in [6.07, 6.45) is 0.691. The van der Waals surface area contributed by atoms with Gasteiger partial charge in [0.05, 0.1) is 17.1 Å². The highest BCUT2D eigenvalue weighted by atomic mass is 19.1. The van der Waals surface area contributed by atoms with Gasteiger partial charge in [0.1, 0.15) is 5.82 Å². The zero-order valence-corrected chi connectivity index (χ0v) is 11.3. The lowest BCUT2D eigenvalue weighted by Gasteiger charge is -2.26. The van der Waals surface area contributed by atoms with E-state index in [0.717, 1.165) is 0 Å². The number of carbonyl (C=O) groups excluding carboxylic acids is 1. The summed E-state index contributed by atoms with van der Waals surface area (Å²) in [6.45, 7) is 7.86. The summed E-state index contributed by atoms with van der Waals surface area (Å²) in [5.74, 6) is -0.475. The maximum absolute atomic E-state index is 12.9. The molecular formula is C15H19FO2. The van der Waals surface area contributed by atoms with Crippen LogP contribution in [0.1, 0.15) is 44.5 Å². The van der Waals surface area contributed by atoms with E-state index in [4.69, 9.17) is 4.74 Å². The van der Waals surface area contributed by atoms with Gasteiger partial charge in [-0.25, -0.2) is 4.39 Å². The quantitative estimate of drug-likeness (QED) is 0.750. The molecule has 1 unspecified atom stereocenters. The van der Waals surface area contributed by atoms with Crippen LogP contribution in [-0.2, 0) is 4.74 Å². The SMILES string of the molecule is CC1(C)CC(C(=O)c2ccc(F)cc2)C(C)(C)O1. The Bertz CT molecular complexity index is 460. The first-order valence-corrected chi connectivity index (χ1v) is 6.21. The van der Waals surface area contributed by atoms with Gasteiger partial charge >= 0.3 is 0 Å². The van der Waals surface area contributed by atoms with Crippen molar-refractivity contribution in [3.05, 3.63) is 35.6 Å². The number of hydrogen-bond acceptors (Lipinski definition) is 2. The van der Waals surface area contributed by atoms with Crippen LogP contribution in [0.3, 0.4) is 0 Å². The molecule has 0 saturated carbocycles. The molecule has 0 amide bonds. The van der Waals surface area contributed by atoms with E-state index in [-0.39, 0.29) is 23.1 Å². The highest BCUT2D eigenvalue weighted by molar-refractivity contribution is 5.98. The van der Waals surface area contributed by atoms with Gasteiger partial charge in [0.15, 0.2) is 5.78 Å². The minimum Gasteiger partial charge on any atom is -0.369 e. The van der Waals surface area contributed by atoms with Crippen LogP contribution < -0.4 is 0 Å². The number of benzene rings is 1. The van der Waals surface area contributed by atoms with E-state index < -0.39 is 5.60 Å². The molecule has 1 aromatic rings. The first kappa shape index (κ1) is 13.2. The fraction of sp³-hybridized carbons (Fsp3) is 0.533. The number of ether oxygens (including phenoxy) is 1. The summed E-state index contributed by atoms with van der Waals surface area (Å²) in [5.41, 5.74) is -0.213. The highest BCUT2D eigenvalue weighted by Crippen LogP contribution is 2.43. The second-order valence-electron chi connectivity index (χ2n) is 6.09. The number of hydrogen-bond donors (Lipinski definition) is 0. The average Bonchev–Trinajstić information content (AvgIpc) is 2.47. The summed E-state index contributed by atoms with van der Waals surface area (Å²) < 4.78 is 18.8. The van der Waals surface area contributed by atoms with Gasteiger partial charge in [-0.15, -0.1) is 0 Å². The standard InChI is InChI=1S/C15H19FO2/c1-14(2)9-12(15(3,4)18-14)13(17)10-5-7-11(16)8-6-10/h5-8,12H,9H2,1-4H3. The minimum absolute atomic E-state index is 0.0329. The van der Waals surface area contributed by atoms with Gasteiger partial charge < -0.3 is 4.74 Å². The molecule has 0 aliphatic carbocycles. The van der Waals surface area contributed by atoms with Crippen LogP contribution in [0, 0.1) is 11.7 Å². The zero-order valence-electron chi connectivity index (χ0n) is 11.3. The summed E-state index contributed by atoms with van der Waals surface area (Å²) in [5, 5.41) is 0. The Morgan fingerprint density at radius 1 is 1.22 bits per heavy atom. The molecule has 1 heterocycles. The third kappa shape index (κ3) is 2.46. The fourth-order valence-electron chi connectivity index (χ4n) is 2.79. The van der Waals surface area contributed by atoms with Crippen molar-refractivity contribution in [2.45, 2.75) is 45.3 Å². The van der Waals surface area contributed by atoms with E-state index in [9.17, 15) is 9.18 Å². The third-order valence-corrected chi connectivity index (χ3v) is 3.52. The summed E-state index contributed by atoms with van der Waals surface area (Å²) in [7, 11) is 0. The Labute approximate surface area is 107 Å². The lowest BCUT2D eigenvalue weighted by molar-refractivity contribution is -0.0712. The Hall–Kier alpha value is -1.22. The molecule has 18 heavy (non-hydrogen) atoms. The Morgan fingerprint density at radius 2 is 1.78 bits per heavy atom. The Kier molecular flexibility index (Phi) is 3.06. The first-order chi connectivity index (χ1) is 8.21. The molecular weight excluding hydrogens is 231 g/mol. The highest BCUT2D eigenvalue weighted by Gasteiger charge is 2.49. The molecule has 0 radical (unpaired) electrons. The van der Waals surface area contributed by atoms with Crippen molar-refractivity contribution in [1.29, 1.82) is 0 Å². The molecule has 3 heteroatoms. The maximum atomic E-state index is 12.9. The molecule has 1 atom stereocenters. The molecule has 1 saturated heterocycles. The summed E-state index contributed by atoms with van der Waals surface area (Å²) in [6, 6.07) is 5.72. The largest absolute Gasteiger partial charge is 0.369 e. The number of halogens is 1. The molecule has 0 aromatic heterocycles. The van der Waals surface area contributed by atoms with E-state index in [1.807, 2.05) is 27.7 Å². The predicted octanol–water partition coefficient (Wildman–Crippen LogP) is 3.60. The summed E-state index contributed by atoms with van der Waals surface area (Å²) >= 11 is 0. The Balaban J connectivity index is 2.27. The fourth-order valence-corrected chi connectivity index (χ4v) is 2.79. The normalized spacial score (nSPS) is 25.1. The zero-order chi connectivity index (χ0) is 13.6. The molecule has 2 rings (SSSR count). The van der Waals surface area contributed by atoms with Crippen molar-refractivity contribution in [1.82, 2.24) is 0 Å². The number of rotatable bonds is 2. The molecule has 1 aromatic carbocycles. The maximum Gasteiger partial charge on any atom is 0.168 e. The third-order valence-electron chi connectivity index (χ3n) is 3.52. The molecule has 0 spiro atoms. The van der Waals surface area contributed by atoms with Gasteiger partial charge in [0, 0.05) is 5.56 Å². The molecule has 1 fully saturated rings. The number of ketones is 1. The second-order valence-corrected chi connectivity index (χ2v) is 6.09. The van der Waals surface area contributed by atoms with Gasteiger partial charge in [-0.3, -0.25) is 4.79 Å². The van der Waals surface area contributed by atoms with Crippen molar-refractivity contribution in [3.8, 4) is 0 Å². The predicted molar refractivity (Wildman–Crippen MR) is 68.1 cm³/mol. The molecule has 0 N–H and O–H groups in total. The molecule has 0 bridgehead atoms. The van der Waals surface area contributed by atoms with Gasteiger partial charge in [-0.05, 0) is 58.4 Å². The van der Waals surface area contributed by atoms with Crippen molar-refractivity contribution >= 4 is 5.78 Å². The number of carbonyl (C=O) groups is 1. The van der Waals surface area contributed by atoms with Crippen LogP contribution in [0.15, 0.2) is 24.3 Å². The van der Waals surface area contributed by atoms with Crippen LogP contribution >= 0.6 is 0 Å². The topological polar surface area (TPSA) is 26.3 Å². The van der Waals surface area contributed by atoms with Crippen LogP contribution in [0.2, 0.25) is 0 Å². The molecule has 2 nitrogen and oxygen atoms in total. The number of Topliss-reactive ketones (excluding diaryl/α,β-unsaturated/α-hetero) is 1. The minimum atomic E-state index is -0.477. The van der Waals surface area contributed by atoms with Gasteiger partial charge in [0.25, 0.3) is 0 Å². The van der Waals surface area contributed by atoms with E-state index >= 15 is 0 Å². The van der Waals surface area contributed by atoms with E-state index in [1.54, 1.807) is 12.1 Å².